The third-order valence-electron chi connectivity index (χ3n) is 9.29. The molecule has 1 aliphatic carbocycles. The number of ether oxygens (including phenoxy) is 1. The van der Waals surface area contributed by atoms with Gasteiger partial charge in [0.05, 0.1) is 48.8 Å². The number of rotatable bonds is 11. The number of pyridine rings is 1. The van der Waals surface area contributed by atoms with Gasteiger partial charge in [0.2, 0.25) is 5.91 Å². The van der Waals surface area contributed by atoms with E-state index < -0.39 is 0 Å². The zero-order chi connectivity index (χ0) is 32.0. The number of amides is 1. The minimum Gasteiger partial charge on any atom is -0.489 e. The lowest BCUT2D eigenvalue weighted by molar-refractivity contribution is -0.120. The van der Waals surface area contributed by atoms with Crippen LogP contribution in [0.1, 0.15) is 86.7 Å². The second-order valence-corrected chi connectivity index (χ2v) is 12.9. The number of aromatic nitrogens is 3. The van der Waals surface area contributed by atoms with Gasteiger partial charge in [-0.2, -0.15) is 5.10 Å². The summed E-state index contributed by atoms with van der Waals surface area (Å²) in [6, 6.07) is 20.7. The van der Waals surface area contributed by atoms with Crippen molar-refractivity contribution in [1.82, 2.24) is 14.8 Å². The maximum absolute atomic E-state index is 14.6. The molecular formula is C39H45N5O2. The second-order valence-electron chi connectivity index (χ2n) is 12.9. The van der Waals surface area contributed by atoms with Gasteiger partial charge in [-0.15, -0.1) is 0 Å². The number of carbonyl (C=O) groups excluding carboxylic acids is 1. The Morgan fingerprint density at radius 1 is 1.04 bits per heavy atom. The van der Waals surface area contributed by atoms with Gasteiger partial charge in [0.15, 0.2) is 0 Å². The molecule has 3 unspecified atom stereocenters. The molecule has 0 saturated carbocycles. The lowest BCUT2D eigenvalue weighted by Crippen LogP contribution is -2.36. The largest absolute Gasteiger partial charge is 0.489 e. The van der Waals surface area contributed by atoms with Crippen molar-refractivity contribution in [2.45, 2.75) is 91.0 Å². The molecule has 2 aromatic carbocycles. The Balaban J connectivity index is 1.25. The topological polar surface area (TPSA) is 72.6 Å². The minimum absolute atomic E-state index is 0.0760. The lowest BCUT2D eigenvalue weighted by atomic mass is 9.81. The number of benzene rings is 2. The molecule has 46 heavy (non-hydrogen) atoms. The molecule has 0 saturated heterocycles. The Labute approximate surface area is 273 Å². The average Bonchev–Trinajstić information content (AvgIpc) is 3.53. The minimum atomic E-state index is -0.265. The van der Waals surface area contributed by atoms with Gasteiger partial charge >= 0.3 is 0 Å². The number of aliphatic imine (C=N–C) groups is 1. The van der Waals surface area contributed by atoms with E-state index in [2.05, 4.69) is 63.1 Å². The molecule has 238 valence electrons. The molecule has 0 bridgehead atoms. The van der Waals surface area contributed by atoms with Crippen molar-refractivity contribution in [3.8, 4) is 5.75 Å². The smallest absolute Gasteiger partial charge is 0.234 e. The summed E-state index contributed by atoms with van der Waals surface area (Å²) in [4.78, 5) is 26.1. The van der Waals surface area contributed by atoms with Crippen LogP contribution in [-0.2, 0) is 30.9 Å². The number of hydrogen-bond acceptors (Lipinski definition) is 5. The normalized spacial score (nSPS) is 19.1. The summed E-state index contributed by atoms with van der Waals surface area (Å²) in [5.41, 5.74) is 7.13. The van der Waals surface area contributed by atoms with Gasteiger partial charge in [-0.25, -0.2) is 0 Å². The molecular weight excluding hydrogens is 570 g/mol. The molecule has 2 aromatic heterocycles. The van der Waals surface area contributed by atoms with Crippen LogP contribution in [0.4, 0.5) is 5.69 Å². The van der Waals surface area contributed by atoms with E-state index in [1.807, 2.05) is 70.6 Å². The van der Waals surface area contributed by atoms with Gasteiger partial charge in [-0.3, -0.25) is 19.5 Å². The summed E-state index contributed by atoms with van der Waals surface area (Å²) in [6.45, 7) is 10.2. The van der Waals surface area contributed by atoms with Crippen LogP contribution >= 0.6 is 0 Å². The number of allylic oxidation sites excluding steroid dienone is 1. The van der Waals surface area contributed by atoms with E-state index in [0.717, 1.165) is 70.8 Å². The summed E-state index contributed by atoms with van der Waals surface area (Å²) in [7, 11) is 0. The molecule has 4 aromatic rings. The third kappa shape index (κ3) is 7.14. The predicted octanol–water partition coefficient (Wildman–Crippen LogP) is 8.06. The molecule has 1 aliphatic heterocycles. The highest BCUT2D eigenvalue weighted by atomic mass is 16.5. The number of anilines is 1. The van der Waals surface area contributed by atoms with Crippen molar-refractivity contribution in [2.75, 3.05) is 4.90 Å². The highest BCUT2D eigenvalue weighted by Gasteiger charge is 2.33. The summed E-state index contributed by atoms with van der Waals surface area (Å²) >= 11 is 0. The van der Waals surface area contributed by atoms with Crippen molar-refractivity contribution in [2.24, 2.45) is 10.9 Å². The summed E-state index contributed by atoms with van der Waals surface area (Å²) in [5.74, 6) is 1.48. The van der Waals surface area contributed by atoms with Gasteiger partial charge in [-0.05, 0) is 85.4 Å². The van der Waals surface area contributed by atoms with Crippen molar-refractivity contribution in [3.63, 3.8) is 0 Å². The van der Waals surface area contributed by atoms with Crippen LogP contribution in [0.15, 0.2) is 96.4 Å². The summed E-state index contributed by atoms with van der Waals surface area (Å²) in [6.07, 6.45) is 13.9. The Hall–Kier alpha value is -4.52. The highest BCUT2D eigenvalue weighted by Crippen LogP contribution is 2.39. The van der Waals surface area contributed by atoms with E-state index in [1.54, 1.807) is 0 Å². The first-order valence-corrected chi connectivity index (χ1v) is 16.7. The van der Waals surface area contributed by atoms with Crippen molar-refractivity contribution in [3.05, 3.63) is 119 Å². The van der Waals surface area contributed by atoms with E-state index >= 15 is 0 Å². The van der Waals surface area contributed by atoms with Crippen LogP contribution in [-0.4, -0.2) is 32.4 Å². The Morgan fingerprint density at radius 2 is 1.89 bits per heavy atom. The van der Waals surface area contributed by atoms with Crippen LogP contribution in [0.25, 0.3) is 0 Å². The number of nitrogens with zero attached hydrogens (tertiary/aromatic N) is 5. The first-order valence-electron chi connectivity index (χ1n) is 16.7. The fraction of sp³-hybridized carbons (Fsp3) is 0.385. The van der Waals surface area contributed by atoms with E-state index in [-0.39, 0.29) is 17.9 Å². The van der Waals surface area contributed by atoms with Crippen LogP contribution in [0, 0.1) is 5.92 Å². The number of dihydropyridines is 1. The van der Waals surface area contributed by atoms with Gasteiger partial charge in [0, 0.05) is 17.5 Å². The van der Waals surface area contributed by atoms with Gasteiger partial charge in [0.1, 0.15) is 12.4 Å². The molecule has 0 spiro atoms. The fourth-order valence-electron chi connectivity index (χ4n) is 6.61. The summed E-state index contributed by atoms with van der Waals surface area (Å²) < 4.78 is 8.24. The molecule has 0 fully saturated rings. The monoisotopic (exact) mass is 615 g/mol. The van der Waals surface area contributed by atoms with E-state index in [4.69, 9.17) is 14.7 Å². The van der Waals surface area contributed by atoms with Gasteiger partial charge in [-0.1, -0.05) is 69.3 Å². The van der Waals surface area contributed by atoms with Crippen molar-refractivity contribution in [1.29, 1.82) is 0 Å². The maximum Gasteiger partial charge on any atom is 0.234 e. The van der Waals surface area contributed by atoms with Crippen LogP contribution in [0.5, 0.6) is 5.75 Å². The van der Waals surface area contributed by atoms with Crippen LogP contribution in [0.3, 0.4) is 0 Å². The van der Waals surface area contributed by atoms with Crippen molar-refractivity contribution >= 4 is 17.3 Å². The molecule has 6 rings (SSSR count). The van der Waals surface area contributed by atoms with Gasteiger partial charge < -0.3 is 9.64 Å². The van der Waals surface area contributed by atoms with E-state index in [1.165, 1.54) is 0 Å². The maximum atomic E-state index is 14.6. The van der Waals surface area contributed by atoms with E-state index in [9.17, 15) is 4.79 Å². The summed E-state index contributed by atoms with van der Waals surface area (Å²) in [5, 5.41) is 4.66. The average molecular weight is 616 g/mol. The second kappa shape index (κ2) is 14.3. The standard InChI is InChI=1S/C39H45N5O2/c1-5-31-17-18-32(42-28(31)4)25-43-23-30(21-41-43)24-44(33-19-20-37(27(2)3)40-22-33)39(45)36-15-9-14-35-34(36)13-10-16-38(35)46-26-29-11-7-6-8-12-29/h6-8,10-13,16-23,27-28,31,36H,5,9,14-15,24-26H2,1-4H3. The quantitative estimate of drug-likeness (QED) is 0.171. The molecule has 3 heterocycles. The Morgan fingerprint density at radius 3 is 2.63 bits per heavy atom. The molecule has 7 heteroatoms. The first-order chi connectivity index (χ1) is 22.4. The SMILES string of the molecule is CCC1C=CC(Cn2cc(CN(C(=O)C3CCCc4c(OCc5ccccc5)cccc43)c3ccc(C(C)C)nc3)cn2)=NC1C. The van der Waals surface area contributed by atoms with Gasteiger partial charge in [0.25, 0.3) is 0 Å². The van der Waals surface area contributed by atoms with E-state index in [0.29, 0.717) is 31.5 Å². The fourth-order valence-corrected chi connectivity index (χ4v) is 6.61. The number of carbonyl (C=O) groups is 1. The molecule has 2 aliphatic rings. The third-order valence-corrected chi connectivity index (χ3v) is 9.29. The molecule has 1 amide bonds. The first kappa shape index (κ1) is 31.5. The molecule has 0 N–H and O–H groups in total. The Kier molecular flexibility index (Phi) is 9.76. The van der Waals surface area contributed by atoms with Crippen molar-refractivity contribution < 1.29 is 9.53 Å². The zero-order valence-electron chi connectivity index (χ0n) is 27.5. The van der Waals surface area contributed by atoms with Crippen LogP contribution in [0.2, 0.25) is 0 Å². The highest BCUT2D eigenvalue weighted by molar-refractivity contribution is 5.98. The number of hydrogen-bond donors (Lipinski definition) is 0. The predicted molar refractivity (Wildman–Crippen MR) is 184 cm³/mol. The molecule has 3 atom stereocenters. The zero-order valence-corrected chi connectivity index (χ0v) is 27.5. The Bertz CT molecular complexity index is 1690. The molecule has 0 radical (unpaired) electrons. The lowest BCUT2D eigenvalue weighted by Gasteiger charge is -2.31. The van der Waals surface area contributed by atoms with Crippen LogP contribution < -0.4 is 9.64 Å². The number of fused-ring (bicyclic) bond motifs is 1. The molecule has 7 nitrogen and oxygen atoms in total.